The average molecular weight is 620 g/mol. The molecule has 0 heterocycles. The van der Waals surface area contributed by atoms with Crippen molar-refractivity contribution >= 4 is 25.8 Å². The molecule has 40 heavy (non-hydrogen) atoms. The Kier molecular flexibility index (Phi) is 10.4. The summed E-state index contributed by atoms with van der Waals surface area (Å²) in [5, 5.41) is 12.5. The van der Waals surface area contributed by atoms with E-state index in [1.807, 2.05) is 60.7 Å². The molecule has 4 rings (SSSR count). The molecule has 0 atom stereocenters. The van der Waals surface area contributed by atoms with Crippen molar-refractivity contribution in [3.63, 3.8) is 0 Å². The van der Waals surface area contributed by atoms with E-state index in [9.17, 15) is 13.7 Å². The van der Waals surface area contributed by atoms with Crippen LogP contribution in [0.2, 0.25) is 0 Å². The fourth-order valence-electron chi connectivity index (χ4n) is 4.17. The molecule has 0 saturated heterocycles. The predicted molar refractivity (Wildman–Crippen MR) is 162 cm³/mol. The number of nitrogens with zero attached hydrogens (tertiary/aromatic N) is 1. The highest BCUT2D eigenvalue weighted by atomic mass is 79.9. The minimum atomic E-state index is -2.99. The number of nitrogens with one attached hydrogen (secondary N) is 1. The molecule has 0 spiro atoms. The molecule has 0 aliphatic heterocycles. The summed E-state index contributed by atoms with van der Waals surface area (Å²) in [5.41, 5.74) is 5.64. The highest BCUT2D eigenvalue weighted by molar-refractivity contribution is 9.10. The predicted octanol–water partition coefficient (Wildman–Crippen LogP) is 6.67. The number of nitriles is 1. The summed E-state index contributed by atoms with van der Waals surface area (Å²) in [6.45, 7) is 1.75. The molecule has 206 valence electrons. The van der Waals surface area contributed by atoms with Crippen molar-refractivity contribution in [1.82, 2.24) is 5.32 Å². The average Bonchev–Trinajstić information content (AvgIpc) is 2.96. The van der Waals surface area contributed by atoms with Crippen LogP contribution < -0.4 is 14.8 Å². The lowest BCUT2D eigenvalue weighted by Gasteiger charge is -2.16. The van der Waals surface area contributed by atoms with Gasteiger partial charge in [0.15, 0.2) is 0 Å². The molecule has 0 fully saturated rings. The smallest absolute Gasteiger partial charge is 0.147 e. The highest BCUT2D eigenvalue weighted by Crippen LogP contribution is 2.32. The van der Waals surface area contributed by atoms with Crippen molar-refractivity contribution in [1.29, 1.82) is 5.26 Å². The zero-order chi connectivity index (χ0) is 28.4. The Bertz CT molecular complexity index is 1580. The molecular formula is C32H31BrN2O4S. The van der Waals surface area contributed by atoms with Gasteiger partial charge in [-0.3, -0.25) is 0 Å². The van der Waals surface area contributed by atoms with E-state index < -0.39 is 9.84 Å². The van der Waals surface area contributed by atoms with Crippen LogP contribution in [0.1, 0.15) is 28.7 Å². The summed E-state index contributed by atoms with van der Waals surface area (Å²) in [4.78, 5) is 0. The van der Waals surface area contributed by atoms with Crippen molar-refractivity contribution in [2.24, 2.45) is 0 Å². The Morgan fingerprint density at radius 3 is 2.45 bits per heavy atom. The minimum absolute atomic E-state index is 0.145. The van der Waals surface area contributed by atoms with Crippen LogP contribution in [-0.2, 0) is 29.6 Å². The molecule has 0 radical (unpaired) electrons. The standard InChI is InChI=1S/C32H31BrN2O4S/c1-40(36,37)17-7-16-35-21-27-14-15-29(19-31(27)39-22-25-9-5-8-24(18-25)20-34)38-23-28-12-6-13-30(32(28)33)26-10-3-2-4-11-26/h2-6,8-15,18-19,35H,7,16-17,21-23H2,1H3. The third kappa shape index (κ3) is 8.68. The summed E-state index contributed by atoms with van der Waals surface area (Å²) in [6, 6.07) is 31.5. The van der Waals surface area contributed by atoms with Crippen LogP contribution in [0, 0.1) is 11.3 Å². The maximum absolute atomic E-state index is 11.4. The topological polar surface area (TPSA) is 88.4 Å². The van der Waals surface area contributed by atoms with Gasteiger partial charge in [0.05, 0.1) is 17.4 Å². The number of hydrogen-bond acceptors (Lipinski definition) is 6. The summed E-state index contributed by atoms with van der Waals surface area (Å²) in [5.74, 6) is 1.47. The van der Waals surface area contributed by atoms with E-state index in [0.29, 0.717) is 49.8 Å². The monoisotopic (exact) mass is 618 g/mol. The van der Waals surface area contributed by atoms with E-state index in [2.05, 4.69) is 45.5 Å². The van der Waals surface area contributed by atoms with Crippen molar-refractivity contribution in [2.45, 2.75) is 26.2 Å². The lowest BCUT2D eigenvalue weighted by Crippen LogP contribution is -2.18. The maximum Gasteiger partial charge on any atom is 0.147 e. The van der Waals surface area contributed by atoms with Gasteiger partial charge in [0, 0.05) is 34.5 Å². The van der Waals surface area contributed by atoms with Gasteiger partial charge < -0.3 is 14.8 Å². The normalized spacial score (nSPS) is 11.1. The molecule has 6 nitrogen and oxygen atoms in total. The van der Waals surface area contributed by atoms with E-state index in [4.69, 9.17) is 9.47 Å². The first-order valence-electron chi connectivity index (χ1n) is 12.9. The lowest BCUT2D eigenvalue weighted by atomic mass is 10.0. The molecule has 4 aromatic rings. The summed E-state index contributed by atoms with van der Waals surface area (Å²) in [7, 11) is -2.99. The zero-order valence-corrected chi connectivity index (χ0v) is 24.7. The molecule has 0 amide bonds. The van der Waals surface area contributed by atoms with Crippen molar-refractivity contribution < 1.29 is 17.9 Å². The fraction of sp³-hybridized carbons (Fsp3) is 0.219. The van der Waals surface area contributed by atoms with Crippen molar-refractivity contribution in [2.75, 3.05) is 18.6 Å². The molecular weight excluding hydrogens is 588 g/mol. The summed E-state index contributed by atoms with van der Waals surface area (Å²) in [6.07, 6.45) is 1.78. The van der Waals surface area contributed by atoms with Crippen LogP contribution in [0.5, 0.6) is 11.5 Å². The molecule has 1 N–H and O–H groups in total. The maximum atomic E-state index is 11.4. The van der Waals surface area contributed by atoms with Crippen LogP contribution in [0.3, 0.4) is 0 Å². The number of benzene rings is 4. The van der Waals surface area contributed by atoms with E-state index in [1.165, 1.54) is 6.26 Å². The summed E-state index contributed by atoms with van der Waals surface area (Å²) >= 11 is 3.76. The minimum Gasteiger partial charge on any atom is -0.489 e. The van der Waals surface area contributed by atoms with Gasteiger partial charge in [-0.25, -0.2) is 8.42 Å². The third-order valence-corrected chi connectivity index (χ3v) is 8.20. The Hall–Kier alpha value is -3.64. The second kappa shape index (κ2) is 14.1. The second-order valence-electron chi connectivity index (χ2n) is 9.46. The van der Waals surface area contributed by atoms with E-state index in [-0.39, 0.29) is 5.75 Å². The van der Waals surface area contributed by atoms with E-state index in [0.717, 1.165) is 32.3 Å². The van der Waals surface area contributed by atoms with Crippen LogP contribution in [0.15, 0.2) is 95.5 Å². The first-order chi connectivity index (χ1) is 19.3. The SMILES string of the molecule is CS(=O)(=O)CCCNCc1ccc(OCc2cccc(-c3ccccc3)c2Br)cc1OCc1cccc(C#N)c1. The largest absolute Gasteiger partial charge is 0.489 e. The molecule has 8 heteroatoms. The second-order valence-corrected chi connectivity index (χ2v) is 12.5. The van der Waals surface area contributed by atoms with Gasteiger partial charge in [-0.05, 0) is 63.8 Å². The fourth-order valence-corrected chi connectivity index (χ4v) is 5.45. The lowest BCUT2D eigenvalue weighted by molar-refractivity contribution is 0.287. The van der Waals surface area contributed by atoms with Gasteiger partial charge in [-0.15, -0.1) is 0 Å². The molecule has 0 bridgehead atoms. The molecule has 0 saturated carbocycles. The number of halogens is 1. The Balaban J connectivity index is 1.48. The van der Waals surface area contributed by atoms with Crippen molar-refractivity contribution in [3.05, 3.63) is 118 Å². The molecule has 4 aromatic carbocycles. The van der Waals surface area contributed by atoms with Crippen LogP contribution >= 0.6 is 15.9 Å². The number of rotatable bonds is 13. The molecule has 0 aromatic heterocycles. The first-order valence-corrected chi connectivity index (χ1v) is 15.8. The number of hydrogen-bond donors (Lipinski definition) is 1. The van der Waals surface area contributed by atoms with Gasteiger partial charge in [0.1, 0.15) is 34.6 Å². The van der Waals surface area contributed by atoms with Crippen LogP contribution in [0.4, 0.5) is 0 Å². The zero-order valence-electron chi connectivity index (χ0n) is 22.3. The van der Waals surface area contributed by atoms with Crippen LogP contribution in [-0.4, -0.2) is 27.0 Å². The molecule has 0 aliphatic carbocycles. The molecule has 0 unspecified atom stereocenters. The number of sulfone groups is 1. The van der Waals surface area contributed by atoms with Gasteiger partial charge in [-0.1, -0.05) is 66.7 Å². The van der Waals surface area contributed by atoms with Crippen molar-refractivity contribution in [3.8, 4) is 28.7 Å². The Labute approximate surface area is 244 Å². The van der Waals surface area contributed by atoms with Crippen LogP contribution in [0.25, 0.3) is 11.1 Å². The van der Waals surface area contributed by atoms with Gasteiger partial charge in [0.25, 0.3) is 0 Å². The highest BCUT2D eigenvalue weighted by Gasteiger charge is 2.11. The number of ether oxygens (including phenoxy) is 2. The Morgan fingerprint density at radius 1 is 0.875 bits per heavy atom. The van der Waals surface area contributed by atoms with Gasteiger partial charge >= 0.3 is 0 Å². The molecule has 0 aliphatic rings. The van der Waals surface area contributed by atoms with E-state index >= 15 is 0 Å². The summed E-state index contributed by atoms with van der Waals surface area (Å²) < 4.78 is 36.2. The van der Waals surface area contributed by atoms with E-state index in [1.54, 1.807) is 12.1 Å². The third-order valence-electron chi connectivity index (χ3n) is 6.23. The Morgan fingerprint density at radius 2 is 1.68 bits per heavy atom. The quantitative estimate of drug-likeness (QED) is 0.168. The van der Waals surface area contributed by atoms with Gasteiger partial charge in [-0.2, -0.15) is 5.26 Å². The van der Waals surface area contributed by atoms with Gasteiger partial charge in [0.2, 0.25) is 0 Å². The first kappa shape index (κ1) is 29.3.